The Bertz CT molecular complexity index is 174. The summed E-state index contributed by atoms with van der Waals surface area (Å²) in [5.41, 5.74) is 0.619. The zero-order chi connectivity index (χ0) is 11.8. The van der Waals surface area contributed by atoms with Crippen molar-refractivity contribution < 1.29 is 14.6 Å². The highest BCUT2D eigenvalue weighted by molar-refractivity contribution is 5.07. The molecule has 0 saturated heterocycles. The quantitative estimate of drug-likeness (QED) is 0.500. The van der Waals surface area contributed by atoms with Gasteiger partial charge in [-0.15, -0.1) is 0 Å². The molecular weight excluding hydrogens is 192 g/mol. The molecule has 0 spiro atoms. The van der Waals surface area contributed by atoms with Crippen LogP contribution in [-0.2, 0) is 9.47 Å². The van der Waals surface area contributed by atoms with Crippen molar-refractivity contribution in [1.29, 1.82) is 0 Å². The van der Waals surface area contributed by atoms with E-state index in [-0.39, 0.29) is 5.92 Å². The molecule has 90 valence electrons. The van der Waals surface area contributed by atoms with Crippen molar-refractivity contribution in [3.05, 3.63) is 12.2 Å². The topological polar surface area (TPSA) is 38.7 Å². The molecule has 0 heterocycles. The molecule has 0 fully saturated rings. The van der Waals surface area contributed by atoms with Gasteiger partial charge < -0.3 is 14.6 Å². The van der Waals surface area contributed by atoms with Crippen LogP contribution in [0.5, 0.6) is 0 Å². The van der Waals surface area contributed by atoms with E-state index in [9.17, 15) is 5.11 Å². The Morgan fingerprint density at radius 1 is 1.20 bits per heavy atom. The second kappa shape index (κ2) is 7.85. The molecule has 15 heavy (non-hydrogen) atoms. The first kappa shape index (κ1) is 14.6. The smallest absolute Gasteiger partial charge is 0.181 e. The lowest BCUT2D eigenvalue weighted by molar-refractivity contribution is -0.121. The van der Waals surface area contributed by atoms with E-state index in [0.717, 1.165) is 6.42 Å². The molecular formula is C12H24O3. The summed E-state index contributed by atoms with van der Waals surface area (Å²) in [5.74, 6) is 0.181. The zero-order valence-electron chi connectivity index (χ0n) is 10.3. The van der Waals surface area contributed by atoms with Crippen molar-refractivity contribution in [3.63, 3.8) is 0 Å². The molecule has 0 aliphatic heterocycles. The maximum absolute atomic E-state index is 9.95. The predicted octanol–water partition coefficient (Wildman–Crippen LogP) is 2.35. The lowest BCUT2D eigenvalue weighted by Gasteiger charge is -2.26. The number of aliphatic hydroxyl groups excluding tert-OH is 1. The zero-order valence-corrected chi connectivity index (χ0v) is 10.3. The predicted molar refractivity (Wildman–Crippen MR) is 61.6 cm³/mol. The highest BCUT2D eigenvalue weighted by Crippen LogP contribution is 2.19. The van der Waals surface area contributed by atoms with Gasteiger partial charge in [-0.1, -0.05) is 26.8 Å². The van der Waals surface area contributed by atoms with Gasteiger partial charge in [-0.2, -0.15) is 0 Å². The molecule has 0 aliphatic carbocycles. The number of rotatable bonds is 8. The minimum Gasteiger partial charge on any atom is -0.388 e. The summed E-state index contributed by atoms with van der Waals surface area (Å²) in [6, 6.07) is 0. The molecule has 2 atom stereocenters. The summed E-state index contributed by atoms with van der Waals surface area (Å²) in [6.07, 6.45) is -0.132. The van der Waals surface area contributed by atoms with Crippen molar-refractivity contribution in [2.75, 3.05) is 13.2 Å². The SMILES string of the molecule is C=C(C(OCC)OCC)[C@@H](O)[C@@H](C)CC. The second-order valence-corrected chi connectivity index (χ2v) is 3.65. The molecule has 0 aromatic carbocycles. The van der Waals surface area contributed by atoms with E-state index in [1.165, 1.54) is 0 Å². The van der Waals surface area contributed by atoms with Crippen molar-refractivity contribution in [1.82, 2.24) is 0 Å². The van der Waals surface area contributed by atoms with Gasteiger partial charge in [-0.3, -0.25) is 0 Å². The normalized spacial score (nSPS) is 15.3. The van der Waals surface area contributed by atoms with Gasteiger partial charge in [0.2, 0.25) is 0 Å². The van der Waals surface area contributed by atoms with Gasteiger partial charge in [0.1, 0.15) is 0 Å². The first-order valence-electron chi connectivity index (χ1n) is 5.68. The third-order valence-electron chi connectivity index (χ3n) is 2.50. The van der Waals surface area contributed by atoms with Gasteiger partial charge in [-0.05, 0) is 19.8 Å². The monoisotopic (exact) mass is 216 g/mol. The van der Waals surface area contributed by atoms with Gasteiger partial charge in [0, 0.05) is 18.8 Å². The lowest BCUT2D eigenvalue weighted by Crippen LogP contribution is -2.30. The van der Waals surface area contributed by atoms with Crippen LogP contribution in [0.2, 0.25) is 0 Å². The van der Waals surface area contributed by atoms with E-state index < -0.39 is 12.4 Å². The number of ether oxygens (including phenoxy) is 2. The Hall–Kier alpha value is -0.380. The second-order valence-electron chi connectivity index (χ2n) is 3.65. The van der Waals surface area contributed by atoms with Crippen LogP contribution in [0.25, 0.3) is 0 Å². The third kappa shape index (κ3) is 4.78. The van der Waals surface area contributed by atoms with Crippen LogP contribution in [0, 0.1) is 5.92 Å². The van der Waals surface area contributed by atoms with Crippen LogP contribution < -0.4 is 0 Å². The van der Waals surface area contributed by atoms with E-state index in [1.807, 2.05) is 27.7 Å². The Balaban J connectivity index is 4.33. The minimum absolute atomic E-state index is 0.181. The summed E-state index contributed by atoms with van der Waals surface area (Å²) in [6.45, 7) is 12.8. The van der Waals surface area contributed by atoms with Crippen LogP contribution in [0.1, 0.15) is 34.1 Å². The van der Waals surface area contributed by atoms with Gasteiger partial charge in [-0.25, -0.2) is 0 Å². The Morgan fingerprint density at radius 2 is 1.67 bits per heavy atom. The van der Waals surface area contributed by atoms with Gasteiger partial charge in [0.15, 0.2) is 6.29 Å². The van der Waals surface area contributed by atoms with Crippen molar-refractivity contribution >= 4 is 0 Å². The summed E-state index contributed by atoms with van der Waals surface area (Å²) in [4.78, 5) is 0. The fourth-order valence-electron chi connectivity index (χ4n) is 1.29. The molecule has 3 heteroatoms. The Morgan fingerprint density at radius 3 is 2.00 bits per heavy atom. The maximum Gasteiger partial charge on any atom is 0.181 e. The molecule has 0 unspecified atom stereocenters. The first-order valence-corrected chi connectivity index (χ1v) is 5.68. The number of hydrogen-bond acceptors (Lipinski definition) is 3. The van der Waals surface area contributed by atoms with E-state index in [1.54, 1.807) is 0 Å². The fourth-order valence-corrected chi connectivity index (χ4v) is 1.29. The van der Waals surface area contributed by atoms with Crippen LogP contribution in [0.15, 0.2) is 12.2 Å². The van der Waals surface area contributed by atoms with E-state index in [4.69, 9.17) is 9.47 Å². The van der Waals surface area contributed by atoms with Crippen LogP contribution in [0.3, 0.4) is 0 Å². The molecule has 0 radical (unpaired) electrons. The molecule has 0 bridgehead atoms. The largest absolute Gasteiger partial charge is 0.388 e. The summed E-state index contributed by atoms with van der Waals surface area (Å²) < 4.78 is 10.8. The molecule has 0 aromatic heterocycles. The molecule has 0 aliphatic rings. The van der Waals surface area contributed by atoms with E-state index >= 15 is 0 Å². The van der Waals surface area contributed by atoms with E-state index in [0.29, 0.717) is 18.8 Å². The average Bonchev–Trinajstić information content (AvgIpc) is 2.25. The van der Waals surface area contributed by atoms with Crippen LogP contribution in [0.4, 0.5) is 0 Å². The minimum atomic E-state index is -0.557. The molecule has 3 nitrogen and oxygen atoms in total. The molecule has 0 amide bonds. The Labute approximate surface area is 93.1 Å². The van der Waals surface area contributed by atoms with Gasteiger partial charge in [0.05, 0.1) is 6.10 Å². The fraction of sp³-hybridized carbons (Fsp3) is 0.833. The lowest BCUT2D eigenvalue weighted by atomic mass is 9.96. The third-order valence-corrected chi connectivity index (χ3v) is 2.50. The number of hydrogen-bond donors (Lipinski definition) is 1. The Kier molecular flexibility index (Phi) is 7.65. The summed E-state index contributed by atoms with van der Waals surface area (Å²) in [7, 11) is 0. The number of aliphatic hydroxyl groups is 1. The van der Waals surface area contributed by atoms with Gasteiger partial charge in [0.25, 0.3) is 0 Å². The molecule has 0 aromatic rings. The van der Waals surface area contributed by atoms with Crippen molar-refractivity contribution in [3.8, 4) is 0 Å². The average molecular weight is 216 g/mol. The molecule has 0 rings (SSSR count). The first-order chi connectivity index (χ1) is 7.08. The summed E-state index contributed by atoms with van der Waals surface area (Å²) in [5, 5.41) is 9.95. The maximum atomic E-state index is 9.95. The highest BCUT2D eigenvalue weighted by atomic mass is 16.7. The standard InChI is InChI=1S/C12H24O3/c1-6-9(4)11(13)10(5)12(14-7-2)15-8-3/h9,11-13H,5-8H2,1-4H3/t9-,11-/m0/s1. The van der Waals surface area contributed by atoms with Crippen molar-refractivity contribution in [2.24, 2.45) is 5.92 Å². The summed E-state index contributed by atoms with van der Waals surface area (Å²) >= 11 is 0. The van der Waals surface area contributed by atoms with Crippen LogP contribution >= 0.6 is 0 Å². The molecule has 0 saturated carbocycles. The van der Waals surface area contributed by atoms with Crippen molar-refractivity contribution in [2.45, 2.75) is 46.5 Å². The van der Waals surface area contributed by atoms with E-state index in [2.05, 4.69) is 6.58 Å². The molecule has 1 N–H and O–H groups in total. The van der Waals surface area contributed by atoms with Crippen LogP contribution in [-0.4, -0.2) is 30.7 Å². The highest BCUT2D eigenvalue weighted by Gasteiger charge is 2.23. The van der Waals surface area contributed by atoms with Gasteiger partial charge >= 0.3 is 0 Å².